The van der Waals surface area contributed by atoms with Crippen LogP contribution in [0.25, 0.3) is 0 Å². The predicted octanol–water partition coefficient (Wildman–Crippen LogP) is 1.42. The molecule has 1 aromatic heterocycles. The molecule has 1 fully saturated rings. The van der Waals surface area contributed by atoms with Gasteiger partial charge in [-0.1, -0.05) is 13.3 Å². The average Bonchev–Trinajstić information content (AvgIpc) is 2.92. The first-order chi connectivity index (χ1) is 9.74. The zero-order valence-electron chi connectivity index (χ0n) is 12.4. The third-order valence-corrected chi connectivity index (χ3v) is 4.28. The first-order valence-corrected chi connectivity index (χ1v) is 7.72. The number of carbonyl (C=O) groups excluding carboxylic acids is 1. The monoisotopic (exact) mass is 278 g/mol. The highest BCUT2D eigenvalue weighted by atomic mass is 16.2. The molecular formula is C15H26N4O. The minimum absolute atomic E-state index is 0.266. The van der Waals surface area contributed by atoms with E-state index in [4.69, 9.17) is 5.73 Å². The Labute approximate surface area is 121 Å². The van der Waals surface area contributed by atoms with Crippen molar-refractivity contribution < 1.29 is 4.79 Å². The third-order valence-electron chi connectivity index (χ3n) is 4.28. The lowest BCUT2D eigenvalue weighted by molar-refractivity contribution is -0.132. The molecule has 5 nitrogen and oxygen atoms in total. The summed E-state index contributed by atoms with van der Waals surface area (Å²) in [4.78, 5) is 18.6. The highest BCUT2D eigenvalue weighted by molar-refractivity contribution is 5.76. The summed E-state index contributed by atoms with van der Waals surface area (Å²) < 4.78 is 2.04. The van der Waals surface area contributed by atoms with Crippen molar-refractivity contribution in [2.24, 2.45) is 11.7 Å². The maximum Gasteiger partial charge on any atom is 0.223 e. The summed E-state index contributed by atoms with van der Waals surface area (Å²) in [5.74, 6) is 2.04. The summed E-state index contributed by atoms with van der Waals surface area (Å²) in [5, 5.41) is 0. The molecule has 1 aliphatic rings. The molecule has 0 saturated carbocycles. The van der Waals surface area contributed by atoms with Crippen molar-refractivity contribution >= 4 is 5.91 Å². The number of rotatable bonds is 6. The Morgan fingerprint density at radius 2 is 2.20 bits per heavy atom. The number of amides is 1. The molecule has 1 aliphatic heterocycles. The van der Waals surface area contributed by atoms with E-state index in [0.29, 0.717) is 19.4 Å². The van der Waals surface area contributed by atoms with Crippen molar-refractivity contribution in [3.8, 4) is 0 Å². The Bertz CT molecular complexity index is 421. The van der Waals surface area contributed by atoms with E-state index in [0.717, 1.165) is 44.2 Å². The van der Waals surface area contributed by atoms with Crippen LogP contribution in [0.15, 0.2) is 12.4 Å². The second kappa shape index (κ2) is 7.43. The molecule has 0 radical (unpaired) electrons. The van der Waals surface area contributed by atoms with Gasteiger partial charge < -0.3 is 15.2 Å². The van der Waals surface area contributed by atoms with E-state index in [1.807, 2.05) is 15.7 Å². The number of carbonyl (C=O) groups is 1. The van der Waals surface area contributed by atoms with Crippen LogP contribution < -0.4 is 5.73 Å². The minimum atomic E-state index is 0.266. The number of nitrogens with zero attached hydrogens (tertiary/aromatic N) is 3. The van der Waals surface area contributed by atoms with Crippen LogP contribution in [0.5, 0.6) is 0 Å². The van der Waals surface area contributed by atoms with Crippen molar-refractivity contribution in [2.75, 3.05) is 19.6 Å². The molecule has 0 unspecified atom stereocenters. The maximum absolute atomic E-state index is 12.2. The average molecular weight is 278 g/mol. The lowest BCUT2D eigenvalue weighted by Crippen LogP contribution is -2.38. The fourth-order valence-corrected chi connectivity index (χ4v) is 2.88. The van der Waals surface area contributed by atoms with Crippen LogP contribution in [0.2, 0.25) is 0 Å². The topological polar surface area (TPSA) is 64.2 Å². The Hall–Kier alpha value is -1.36. The van der Waals surface area contributed by atoms with Crippen LogP contribution in [0.1, 0.15) is 38.4 Å². The van der Waals surface area contributed by atoms with Gasteiger partial charge in [-0.2, -0.15) is 0 Å². The second-order valence-corrected chi connectivity index (χ2v) is 5.56. The molecule has 2 rings (SSSR count). The molecular weight excluding hydrogens is 252 g/mol. The van der Waals surface area contributed by atoms with Crippen LogP contribution in [0, 0.1) is 5.92 Å². The fourth-order valence-electron chi connectivity index (χ4n) is 2.88. The van der Waals surface area contributed by atoms with Crippen LogP contribution in [-0.4, -0.2) is 40.0 Å². The van der Waals surface area contributed by atoms with E-state index in [-0.39, 0.29) is 5.91 Å². The fraction of sp³-hybridized carbons (Fsp3) is 0.733. The van der Waals surface area contributed by atoms with Crippen molar-refractivity contribution in [1.82, 2.24) is 14.5 Å². The van der Waals surface area contributed by atoms with Gasteiger partial charge in [0.1, 0.15) is 5.82 Å². The summed E-state index contributed by atoms with van der Waals surface area (Å²) in [6.07, 6.45) is 8.52. The molecule has 0 atom stereocenters. The van der Waals surface area contributed by atoms with Crippen LogP contribution >= 0.6 is 0 Å². The zero-order valence-corrected chi connectivity index (χ0v) is 12.4. The number of hydrogen-bond donors (Lipinski definition) is 1. The normalized spacial score (nSPS) is 16.6. The number of hydrogen-bond acceptors (Lipinski definition) is 3. The first-order valence-electron chi connectivity index (χ1n) is 7.72. The summed E-state index contributed by atoms with van der Waals surface area (Å²) in [6, 6.07) is 0. The first kappa shape index (κ1) is 15.0. The van der Waals surface area contributed by atoms with Gasteiger partial charge in [0.15, 0.2) is 0 Å². The van der Waals surface area contributed by atoms with E-state index in [2.05, 4.69) is 11.9 Å². The van der Waals surface area contributed by atoms with Crippen molar-refractivity contribution in [2.45, 2.75) is 45.6 Å². The Balaban J connectivity index is 1.79. The summed E-state index contributed by atoms with van der Waals surface area (Å²) in [7, 11) is 0. The standard InChI is InChI=1S/C15H26N4O/c1-2-13-5-9-19(10-6-13)15(20)4-3-14-17-8-12-18(14)11-7-16/h8,12-13H,2-7,9-11,16H2,1H3. The summed E-state index contributed by atoms with van der Waals surface area (Å²) >= 11 is 0. The number of imidazole rings is 1. The highest BCUT2D eigenvalue weighted by Gasteiger charge is 2.21. The van der Waals surface area contributed by atoms with Crippen LogP contribution in [0.3, 0.4) is 0 Å². The number of nitrogens with two attached hydrogens (primary N) is 1. The highest BCUT2D eigenvalue weighted by Crippen LogP contribution is 2.20. The second-order valence-electron chi connectivity index (χ2n) is 5.56. The molecule has 2 heterocycles. The van der Waals surface area contributed by atoms with Gasteiger partial charge in [-0.3, -0.25) is 4.79 Å². The number of likely N-dealkylation sites (tertiary alicyclic amines) is 1. The largest absolute Gasteiger partial charge is 0.343 e. The van der Waals surface area contributed by atoms with Crippen molar-refractivity contribution in [3.05, 3.63) is 18.2 Å². The quantitative estimate of drug-likeness (QED) is 0.856. The van der Waals surface area contributed by atoms with E-state index >= 15 is 0 Å². The van der Waals surface area contributed by atoms with E-state index in [1.165, 1.54) is 6.42 Å². The van der Waals surface area contributed by atoms with Gasteiger partial charge in [0.2, 0.25) is 5.91 Å². The van der Waals surface area contributed by atoms with Gasteiger partial charge in [-0.15, -0.1) is 0 Å². The number of piperidine rings is 1. The molecule has 1 amide bonds. The summed E-state index contributed by atoms with van der Waals surface area (Å²) in [5.41, 5.74) is 5.56. The number of aromatic nitrogens is 2. The van der Waals surface area contributed by atoms with E-state index < -0.39 is 0 Å². The van der Waals surface area contributed by atoms with Gasteiger partial charge in [-0.05, 0) is 18.8 Å². The summed E-state index contributed by atoms with van der Waals surface area (Å²) in [6.45, 7) is 5.45. The van der Waals surface area contributed by atoms with Crippen LogP contribution in [0.4, 0.5) is 0 Å². The SMILES string of the molecule is CCC1CCN(C(=O)CCc2nccn2CCN)CC1. The molecule has 112 valence electrons. The maximum atomic E-state index is 12.2. The molecule has 0 aliphatic carbocycles. The molecule has 5 heteroatoms. The smallest absolute Gasteiger partial charge is 0.223 e. The van der Waals surface area contributed by atoms with Crippen LogP contribution in [-0.2, 0) is 17.8 Å². The van der Waals surface area contributed by atoms with Gasteiger partial charge >= 0.3 is 0 Å². The molecule has 0 aromatic carbocycles. The lowest BCUT2D eigenvalue weighted by atomic mass is 9.94. The molecule has 1 aromatic rings. The van der Waals surface area contributed by atoms with Crippen molar-refractivity contribution in [1.29, 1.82) is 0 Å². The molecule has 0 spiro atoms. The molecule has 20 heavy (non-hydrogen) atoms. The van der Waals surface area contributed by atoms with Gasteiger partial charge in [0.05, 0.1) is 0 Å². The predicted molar refractivity (Wildman–Crippen MR) is 79.2 cm³/mol. The Kier molecular flexibility index (Phi) is 5.59. The van der Waals surface area contributed by atoms with Gasteiger partial charge in [-0.25, -0.2) is 4.98 Å². The number of aryl methyl sites for hydroxylation is 1. The molecule has 2 N–H and O–H groups in total. The van der Waals surface area contributed by atoms with Gasteiger partial charge in [0, 0.05) is 51.4 Å². The van der Waals surface area contributed by atoms with Gasteiger partial charge in [0.25, 0.3) is 0 Å². The zero-order chi connectivity index (χ0) is 14.4. The van der Waals surface area contributed by atoms with E-state index in [9.17, 15) is 4.79 Å². The molecule has 0 bridgehead atoms. The molecule has 1 saturated heterocycles. The van der Waals surface area contributed by atoms with E-state index in [1.54, 1.807) is 6.20 Å². The van der Waals surface area contributed by atoms with Crippen molar-refractivity contribution in [3.63, 3.8) is 0 Å². The Morgan fingerprint density at radius 1 is 1.45 bits per heavy atom. The minimum Gasteiger partial charge on any atom is -0.343 e. The Morgan fingerprint density at radius 3 is 2.85 bits per heavy atom. The lowest BCUT2D eigenvalue weighted by Gasteiger charge is -2.31. The third kappa shape index (κ3) is 3.82.